The van der Waals surface area contributed by atoms with Crippen LogP contribution in [0.4, 0.5) is 0 Å². The van der Waals surface area contributed by atoms with Crippen LogP contribution in [-0.2, 0) is 0 Å². The van der Waals surface area contributed by atoms with Crippen LogP contribution < -0.4 is 5.32 Å². The summed E-state index contributed by atoms with van der Waals surface area (Å²) in [5.74, 6) is 1.82. The molecule has 2 fully saturated rings. The van der Waals surface area contributed by atoms with Crippen molar-refractivity contribution in [3.63, 3.8) is 0 Å². The molecule has 2 rings (SSSR count). The van der Waals surface area contributed by atoms with E-state index in [0.29, 0.717) is 6.04 Å². The molecular weight excluding hydrogens is 234 g/mol. The minimum absolute atomic E-state index is 0.684. The molecule has 0 amide bonds. The van der Waals surface area contributed by atoms with Gasteiger partial charge in [-0.15, -0.1) is 0 Å². The van der Waals surface area contributed by atoms with Gasteiger partial charge in [0.25, 0.3) is 0 Å². The van der Waals surface area contributed by atoms with E-state index in [1.807, 2.05) is 0 Å². The second kappa shape index (κ2) is 7.05. The second-order valence-corrected chi connectivity index (χ2v) is 7.06. The van der Waals surface area contributed by atoms with Gasteiger partial charge >= 0.3 is 0 Å². The van der Waals surface area contributed by atoms with Crippen molar-refractivity contribution in [1.29, 1.82) is 0 Å². The van der Waals surface area contributed by atoms with Crippen LogP contribution in [0, 0.1) is 11.8 Å². The number of nitrogens with one attached hydrogen (secondary N) is 1. The fourth-order valence-electron chi connectivity index (χ4n) is 3.46. The molecule has 1 aliphatic carbocycles. The Bertz CT molecular complexity index is 261. The predicted octanol–water partition coefficient (Wildman–Crippen LogP) is 2.04. The molecule has 0 aromatic carbocycles. The molecule has 1 saturated heterocycles. The average molecular weight is 267 g/mol. The van der Waals surface area contributed by atoms with E-state index < -0.39 is 0 Å². The third-order valence-corrected chi connectivity index (χ3v) is 5.46. The number of piperazine rings is 1. The lowest BCUT2D eigenvalue weighted by Crippen LogP contribution is -2.52. The average Bonchev–Trinajstić information content (AvgIpc) is 2.40. The van der Waals surface area contributed by atoms with E-state index in [2.05, 4.69) is 42.9 Å². The minimum atomic E-state index is 0.684. The van der Waals surface area contributed by atoms with E-state index in [1.54, 1.807) is 0 Å². The fraction of sp³-hybridized carbons (Fsp3) is 1.00. The summed E-state index contributed by atoms with van der Waals surface area (Å²) in [6.07, 6.45) is 4.15. The third kappa shape index (κ3) is 4.44. The van der Waals surface area contributed by atoms with Crippen molar-refractivity contribution in [3.8, 4) is 0 Å². The summed E-state index contributed by atoms with van der Waals surface area (Å²) in [6, 6.07) is 1.45. The summed E-state index contributed by atoms with van der Waals surface area (Å²) >= 11 is 0. The van der Waals surface area contributed by atoms with Gasteiger partial charge in [-0.1, -0.05) is 13.8 Å². The summed E-state index contributed by atoms with van der Waals surface area (Å²) in [5, 5.41) is 3.83. The molecule has 4 atom stereocenters. The van der Waals surface area contributed by atoms with Gasteiger partial charge in [-0.25, -0.2) is 0 Å². The largest absolute Gasteiger partial charge is 0.312 e. The van der Waals surface area contributed by atoms with Gasteiger partial charge in [-0.05, 0) is 45.1 Å². The van der Waals surface area contributed by atoms with E-state index in [4.69, 9.17) is 0 Å². The van der Waals surface area contributed by atoms with E-state index >= 15 is 0 Å². The first kappa shape index (κ1) is 15.3. The molecule has 3 nitrogen and oxygen atoms in total. The molecule has 0 unspecified atom stereocenters. The van der Waals surface area contributed by atoms with Crippen molar-refractivity contribution in [2.24, 2.45) is 11.8 Å². The van der Waals surface area contributed by atoms with Gasteiger partial charge in [-0.2, -0.15) is 0 Å². The van der Waals surface area contributed by atoms with Crippen molar-refractivity contribution >= 4 is 0 Å². The summed E-state index contributed by atoms with van der Waals surface area (Å²) in [6.45, 7) is 13.3. The molecule has 0 aromatic rings. The summed E-state index contributed by atoms with van der Waals surface area (Å²) in [7, 11) is 2.23. The van der Waals surface area contributed by atoms with Crippen LogP contribution in [0.3, 0.4) is 0 Å². The summed E-state index contributed by atoms with van der Waals surface area (Å²) in [4.78, 5) is 5.07. The standard InChI is InChI=1S/C16H33N3/c1-13-5-6-16(11-14(13)2)17-12-15(3)19-9-7-18(4)8-10-19/h13-17H,5-12H2,1-4H3/t13-,14+,15+,16+/m1/s1. The van der Waals surface area contributed by atoms with Crippen LogP contribution in [0.5, 0.6) is 0 Å². The van der Waals surface area contributed by atoms with Crippen LogP contribution in [-0.4, -0.2) is 61.7 Å². The lowest BCUT2D eigenvalue weighted by Gasteiger charge is -2.38. The molecule has 0 radical (unpaired) electrons. The second-order valence-electron chi connectivity index (χ2n) is 7.06. The van der Waals surface area contributed by atoms with Crippen molar-refractivity contribution in [3.05, 3.63) is 0 Å². The van der Waals surface area contributed by atoms with Crippen LogP contribution in [0.1, 0.15) is 40.0 Å². The van der Waals surface area contributed by atoms with Crippen LogP contribution in [0.25, 0.3) is 0 Å². The van der Waals surface area contributed by atoms with E-state index in [9.17, 15) is 0 Å². The maximum atomic E-state index is 3.83. The van der Waals surface area contributed by atoms with Gasteiger partial charge in [0.05, 0.1) is 0 Å². The zero-order valence-corrected chi connectivity index (χ0v) is 13.4. The Morgan fingerprint density at radius 1 is 1.05 bits per heavy atom. The van der Waals surface area contributed by atoms with Gasteiger partial charge in [0.2, 0.25) is 0 Å². The van der Waals surface area contributed by atoms with Gasteiger partial charge in [0.1, 0.15) is 0 Å². The molecule has 2 aliphatic rings. The normalized spacial score (nSPS) is 36.3. The molecule has 1 heterocycles. The van der Waals surface area contributed by atoms with Crippen molar-refractivity contribution < 1.29 is 0 Å². The number of nitrogens with zero attached hydrogens (tertiary/aromatic N) is 2. The third-order valence-electron chi connectivity index (χ3n) is 5.46. The first-order chi connectivity index (χ1) is 9.06. The topological polar surface area (TPSA) is 18.5 Å². The molecule has 3 heteroatoms. The summed E-state index contributed by atoms with van der Waals surface area (Å²) < 4.78 is 0. The number of likely N-dealkylation sites (N-methyl/N-ethyl adjacent to an activating group) is 1. The minimum Gasteiger partial charge on any atom is -0.312 e. The van der Waals surface area contributed by atoms with Crippen LogP contribution >= 0.6 is 0 Å². The molecule has 1 N–H and O–H groups in total. The monoisotopic (exact) mass is 267 g/mol. The first-order valence-corrected chi connectivity index (χ1v) is 8.22. The highest BCUT2D eigenvalue weighted by Gasteiger charge is 2.25. The van der Waals surface area contributed by atoms with E-state index in [0.717, 1.165) is 24.4 Å². The Balaban J connectivity index is 1.67. The maximum absolute atomic E-state index is 3.83. The molecule has 0 spiro atoms. The molecule has 112 valence electrons. The number of hydrogen-bond donors (Lipinski definition) is 1. The molecular formula is C16H33N3. The van der Waals surface area contributed by atoms with E-state index in [1.165, 1.54) is 45.4 Å². The Morgan fingerprint density at radius 3 is 2.37 bits per heavy atom. The van der Waals surface area contributed by atoms with Crippen LogP contribution in [0.15, 0.2) is 0 Å². The van der Waals surface area contributed by atoms with Gasteiger partial charge in [-0.3, -0.25) is 4.90 Å². The summed E-state index contributed by atoms with van der Waals surface area (Å²) in [5.41, 5.74) is 0. The van der Waals surface area contributed by atoms with Gasteiger partial charge in [0, 0.05) is 44.8 Å². The Kier molecular flexibility index (Phi) is 5.67. The number of hydrogen-bond acceptors (Lipinski definition) is 3. The first-order valence-electron chi connectivity index (χ1n) is 8.22. The van der Waals surface area contributed by atoms with Crippen molar-refractivity contribution in [2.45, 2.75) is 52.1 Å². The zero-order valence-electron chi connectivity index (χ0n) is 13.4. The lowest BCUT2D eigenvalue weighted by molar-refractivity contribution is 0.113. The zero-order chi connectivity index (χ0) is 13.8. The van der Waals surface area contributed by atoms with Gasteiger partial charge < -0.3 is 10.2 Å². The highest BCUT2D eigenvalue weighted by atomic mass is 15.3. The highest BCUT2D eigenvalue weighted by molar-refractivity contribution is 4.82. The van der Waals surface area contributed by atoms with Crippen LogP contribution in [0.2, 0.25) is 0 Å². The molecule has 0 aromatic heterocycles. The fourth-order valence-corrected chi connectivity index (χ4v) is 3.46. The van der Waals surface area contributed by atoms with Crippen molar-refractivity contribution in [2.75, 3.05) is 39.8 Å². The molecule has 1 aliphatic heterocycles. The maximum Gasteiger partial charge on any atom is 0.0193 e. The van der Waals surface area contributed by atoms with Crippen molar-refractivity contribution in [1.82, 2.24) is 15.1 Å². The Morgan fingerprint density at radius 2 is 1.74 bits per heavy atom. The van der Waals surface area contributed by atoms with E-state index in [-0.39, 0.29) is 0 Å². The Hall–Kier alpha value is -0.120. The smallest absolute Gasteiger partial charge is 0.0193 e. The number of rotatable bonds is 4. The predicted molar refractivity (Wildman–Crippen MR) is 82.5 cm³/mol. The lowest BCUT2D eigenvalue weighted by atomic mass is 9.79. The molecule has 1 saturated carbocycles. The van der Waals surface area contributed by atoms with Gasteiger partial charge in [0.15, 0.2) is 0 Å². The highest BCUT2D eigenvalue weighted by Crippen LogP contribution is 2.29. The quantitative estimate of drug-likeness (QED) is 0.841. The molecule has 19 heavy (non-hydrogen) atoms. The Labute approximate surface area is 119 Å². The SMILES string of the molecule is C[C@@H]1CC[C@H](NC[C@H](C)N2CCN(C)CC2)C[C@@H]1C. The molecule has 0 bridgehead atoms.